The molecule has 0 aliphatic carbocycles. The summed E-state index contributed by atoms with van der Waals surface area (Å²) < 4.78 is 0. The van der Waals surface area contributed by atoms with Gasteiger partial charge >= 0.3 is 0 Å². The summed E-state index contributed by atoms with van der Waals surface area (Å²) in [5, 5.41) is 12.0. The Labute approximate surface area is 112 Å². The first-order chi connectivity index (χ1) is 9.29. The number of nitrogens with one attached hydrogen (secondary N) is 1. The number of imidazole rings is 1. The fourth-order valence-corrected chi connectivity index (χ4v) is 2.55. The van der Waals surface area contributed by atoms with E-state index in [4.69, 9.17) is 0 Å². The summed E-state index contributed by atoms with van der Waals surface area (Å²) >= 11 is 0. The number of aromatic amines is 1. The third-order valence-corrected chi connectivity index (χ3v) is 3.54. The normalized spacial score (nSPS) is 11.4. The minimum Gasteiger partial charge on any atom is -0.507 e. The molecule has 0 saturated carbocycles. The number of rotatable bonds is 4. The molecule has 0 fully saturated rings. The number of phenolic OH excluding ortho intramolecular Hbond substituents is 1. The van der Waals surface area contributed by atoms with Crippen molar-refractivity contribution in [2.45, 2.75) is 32.6 Å². The maximum Gasteiger partial charge on any atom is 0.125 e. The number of hydrogen-bond donors (Lipinski definition) is 2. The van der Waals surface area contributed by atoms with Crippen molar-refractivity contribution in [2.24, 2.45) is 0 Å². The molecule has 3 aromatic rings. The second-order valence-electron chi connectivity index (χ2n) is 4.98. The van der Waals surface area contributed by atoms with Crippen LogP contribution in [-0.2, 0) is 6.42 Å². The Morgan fingerprint density at radius 1 is 1.16 bits per heavy atom. The van der Waals surface area contributed by atoms with Gasteiger partial charge in [0.15, 0.2) is 0 Å². The van der Waals surface area contributed by atoms with Gasteiger partial charge in [-0.25, -0.2) is 4.98 Å². The molecule has 2 N–H and O–H groups in total. The summed E-state index contributed by atoms with van der Waals surface area (Å²) in [4.78, 5) is 7.98. The zero-order valence-corrected chi connectivity index (χ0v) is 11.1. The minimum absolute atomic E-state index is 0.312. The van der Waals surface area contributed by atoms with Gasteiger partial charge in [0.05, 0.1) is 11.0 Å². The van der Waals surface area contributed by atoms with Crippen molar-refractivity contribution < 1.29 is 5.11 Å². The van der Waals surface area contributed by atoms with E-state index in [1.54, 1.807) is 6.07 Å². The number of nitrogens with zero attached hydrogens (tertiary/aromatic N) is 1. The van der Waals surface area contributed by atoms with Crippen LogP contribution in [0, 0.1) is 0 Å². The molecule has 1 heterocycles. The SMILES string of the molecule is CCCCCc1nc2ccc3cccc(O)c3c2[nH]1. The van der Waals surface area contributed by atoms with E-state index in [1.807, 2.05) is 24.3 Å². The Hall–Kier alpha value is -2.03. The molecule has 3 rings (SSSR count). The van der Waals surface area contributed by atoms with Crippen molar-refractivity contribution in [2.75, 3.05) is 0 Å². The molecule has 0 unspecified atom stereocenters. The molecule has 0 radical (unpaired) electrons. The van der Waals surface area contributed by atoms with E-state index in [0.29, 0.717) is 5.75 Å². The van der Waals surface area contributed by atoms with Crippen molar-refractivity contribution in [3.8, 4) is 5.75 Å². The predicted octanol–water partition coefficient (Wildman–Crippen LogP) is 4.15. The van der Waals surface area contributed by atoms with Crippen molar-refractivity contribution in [3.05, 3.63) is 36.2 Å². The lowest BCUT2D eigenvalue weighted by Gasteiger charge is -2.01. The standard InChI is InChI=1S/C16H18N2O/c1-2-3-4-8-14-17-12-10-9-11-6-5-7-13(19)15(11)16(12)18-14/h5-7,9-10,19H,2-4,8H2,1H3,(H,17,18). The molecule has 1 aromatic heterocycles. The molecule has 0 aliphatic rings. The van der Waals surface area contributed by atoms with Crippen LogP contribution in [0.5, 0.6) is 5.75 Å². The number of phenols is 1. The molecule has 0 spiro atoms. The zero-order chi connectivity index (χ0) is 13.2. The van der Waals surface area contributed by atoms with Gasteiger partial charge in [-0.15, -0.1) is 0 Å². The van der Waals surface area contributed by atoms with Crippen LogP contribution in [-0.4, -0.2) is 15.1 Å². The summed E-state index contributed by atoms with van der Waals surface area (Å²) in [7, 11) is 0. The van der Waals surface area contributed by atoms with E-state index < -0.39 is 0 Å². The van der Waals surface area contributed by atoms with Gasteiger partial charge in [0.25, 0.3) is 0 Å². The van der Waals surface area contributed by atoms with Gasteiger partial charge in [-0.05, 0) is 23.9 Å². The molecule has 3 nitrogen and oxygen atoms in total. The van der Waals surface area contributed by atoms with Gasteiger partial charge in [-0.2, -0.15) is 0 Å². The van der Waals surface area contributed by atoms with Gasteiger partial charge in [0.2, 0.25) is 0 Å². The van der Waals surface area contributed by atoms with Crippen LogP contribution in [0.15, 0.2) is 30.3 Å². The second kappa shape index (κ2) is 4.92. The van der Waals surface area contributed by atoms with Crippen LogP contribution < -0.4 is 0 Å². The van der Waals surface area contributed by atoms with E-state index in [9.17, 15) is 5.11 Å². The molecule has 2 aromatic carbocycles. The molecule has 3 heteroatoms. The van der Waals surface area contributed by atoms with E-state index in [1.165, 1.54) is 12.8 Å². The quantitative estimate of drug-likeness (QED) is 0.687. The number of benzene rings is 2. The summed E-state index contributed by atoms with van der Waals surface area (Å²) in [5.41, 5.74) is 1.88. The van der Waals surface area contributed by atoms with Crippen LogP contribution in [0.2, 0.25) is 0 Å². The lowest BCUT2D eigenvalue weighted by atomic mass is 10.1. The summed E-state index contributed by atoms with van der Waals surface area (Å²) in [6.45, 7) is 2.20. The smallest absolute Gasteiger partial charge is 0.125 e. The fraction of sp³-hybridized carbons (Fsp3) is 0.312. The van der Waals surface area contributed by atoms with E-state index in [0.717, 1.165) is 40.5 Å². The third-order valence-electron chi connectivity index (χ3n) is 3.54. The first-order valence-corrected chi connectivity index (χ1v) is 6.89. The van der Waals surface area contributed by atoms with Gasteiger partial charge in [0.1, 0.15) is 11.6 Å². The number of unbranched alkanes of at least 4 members (excludes halogenated alkanes) is 2. The summed E-state index contributed by atoms with van der Waals surface area (Å²) in [6, 6.07) is 9.61. The topological polar surface area (TPSA) is 48.9 Å². The van der Waals surface area contributed by atoms with Crippen LogP contribution in [0.3, 0.4) is 0 Å². The number of aromatic nitrogens is 2. The lowest BCUT2D eigenvalue weighted by molar-refractivity contribution is 0.482. The zero-order valence-electron chi connectivity index (χ0n) is 11.1. The number of aryl methyl sites for hydroxylation is 1. The molecule has 0 amide bonds. The van der Waals surface area contributed by atoms with Crippen molar-refractivity contribution >= 4 is 21.8 Å². The lowest BCUT2D eigenvalue weighted by Crippen LogP contribution is -1.87. The first-order valence-electron chi connectivity index (χ1n) is 6.89. The molecule has 0 aliphatic heterocycles. The summed E-state index contributed by atoms with van der Waals surface area (Å²) in [6.07, 6.45) is 4.56. The summed E-state index contributed by atoms with van der Waals surface area (Å²) in [5.74, 6) is 1.33. The molecular weight excluding hydrogens is 236 g/mol. The van der Waals surface area contributed by atoms with Crippen LogP contribution in [0.1, 0.15) is 32.0 Å². The largest absolute Gasteiger partial charge is 0.507 e. The van der Waals surface area contributed by atoms with Crippen molar-refractivity contribution in [1.82, 2.24) is 9.97 Å². The van der Waals surface area contributed by atoms with E-state index >= 15 is 0 Å². The number of H-pyrrole nitrogens is 1. The van der Waals surface area contributed by atoms with Crippen molar-refractivity contribution in [1.29, 1.82) is 0 Å². The van der Waals surface area contributed by atoms with Gasteiger partial charge in [0, 0.05) is 11.8 Å². The molecule has 98 valence electrons. The Morgan fingerprint density at radius 3 is 2.89 bits per heavy atom. The highest BCUT2D eigenvalue weighted by Gasteiger charge is 2.09. The highest BCUT2D eigenvalue weighted by Crippen LogP contribution is 2.30. The number of hydrogen-bond acceptors (Lipinski definition) is 2. The maximum absolute atomic E-state index is 10.0. The molecule has 0 saturated heterocycles. The number of fused-ring (bicyclic) bond motifs is 3. The average Bonchev–Trinajstić information content (AvgIpc) is 2.82. The van der Waals surface area contributed by atoms with Crippen LogP contribution in [0.4, 0.5) is 0 Å². The predicted molar refractivity (Wildman–Crippen MR) is 78.5 cm³/mol. The highest BCUT2D eigenvalue weighted by molar-refractivity contribution is 6.07. The van der Waals surface area contributed by atoms with Gasteiger partial charge in [-0.1, -0.05) is 38.0 Å². The fourth-order valence-electron chi connectivity index (χ4n) is 2.55. The van der Waals surface area contributed by atoms with E-state index in [-0.39, 0.29) is 0 Å². The van der Waals surface area contributed by atoms with E-state index in [2.05, 4.69) is 16.9 Å². The molecule has 0 atom stereocenters. The van der Waals surface area contributed by atoms with Gasteiger partial charge in [-0.3, -0.25) is 0 Å². The highest BCUT2D eigenvalue weighted by atomic mass is 16.3. The molecular formula is C16H18N2O. The van der Waals surface area contributed by atoms with Crippen LogP contribution >= 0.6 is 0 Å². The molecule has 0 bridgehead atoms. The number of aromatic hydroxyl groups is 1. The molecule has 19 heavy (non-hydrogen) atoms. The van der Waals surface area contributed by atoms with Crippen LogP contribution in [0.25, 0.3) is 21.8 Å². The third kappa shape index (κ3) is 2.16. The van der Waals surface area contributed by atoms with Gasteiger partial charge < -0.3 is 10.1 Å². The average molecular weight is 254 g/mol. The monoisotopic (exact) mass is 254 g/mol. The Morgan fingerprint density at radius 2 is 2.05 bits per heavy atom. The van der Waals surface area contributed by atoms with Crippen molar-refractivity contribution in [3.63, 3.8) is 0 Å². The Kier molecular flexibility index (Phi) is 3.11. The Bertz CT molecular complexity index is 715. The second-order valence-corrected chi connectivity index (χ2v) is 4.98. The Balaban J connectivity index is 2.09. The maximum atomic E-state index is 10.0. The first kappa shape index (κ1) is 12.0. The minimum atomic E-state index is 0.312.